The predicted octanol–water partition coefficient (Wildman–Crippen LogP) is 7.00. The Balaban J connectivity index is 3.80. The molecule has 0 amide bonds. The van der Waals surface area contributed by atoms with E-state index in [1.165, 1.54) is 57.8 Å². The van der Waals surface area contributed by atoms with Crippen LogP contribution in [0.2, 0.25) is 0 Å². The van der Waals surface area contributed by atoms with Crippen LogP contribution in [0.5, 0.6) is 0 Å². The van der Waals surface area contributed by atoms with Gasteiger partial charge in [0, 0.05) is 0 Å². The monoisotopic (exact) mass is 376 g/mol. The molecule has 1 unspecified atom stereocenters. The topological polar surface area (TPSA) is 43.4 Å². The summed E-state index contributed by atoms with van der Waals surface area (Å²) < 4.78 is 29.5. The molecule has 0 rings (SSSR count). The smallest absolute Gasteiger partial charge is 0.270 e. The van der Waals surface area contributed by atoms with Crippen molar-refractivity contribution in [1.82, 2.24) is 0 Å². The maximum atomic E-state index is 12.2. The molecule has 0 aliphatic rings. The highest BCUT2D eigenvalue weighted by molar-refractivity contribution is 7.87. The maximum Gasteiger partial charge on any atom is 0.270 e. The summed E-state index contributed by atoms with van der Waals surface area (Å²) in [7, 11) is -3.37. The highest BCUT2D eigenvalue weighted by Gasteiger charge is 2.24. The van der Waals surface area contributed by atoms with Gasteiger partial charge in [-0.25, -0.2) is 0 Å². The highest BCUT2D eigenvalue weighted by Crippen LogP contribution is 2.20. The molecule has 0 N–H and O–H groups in total. The summed E-state index contributed by atoms with van der Waals surface area (Å²) in [6.45, 7) is 6.41. The van der Waals surface area contributed by atoms with E-state index in [0.717, 1.165) is 44.9 Å². The van der Waals surface area contributed by atoms with Gasteiger partial charge in [-0.3, -0.25) is 4.18 Å². The van der Waals surface area contributed by atoms with Crippen LogP contribution in [-0.2, 0) is 14.3 Å². The Morgan fingerprint density at radius 1 is 0.600 bits per heavy atom. The van der Waals surface area contributed by atoms with Gasteiger partial charge in [-0.05, 0) is 19.8 Å². The molecule has 0 aromatic rings. The minimum atomic E-state index is -3.37. The van der Waals surface area contributed by atoms with Crippen LogP contribution in [0.4, 0.5) is 0 Å². The van der Waals surface area contributed by atoms with E-state index in [0.29, 0.717) is 0 Å². The molecule has 0 aromatic heterocycles. The van der Waals surface area contributed by atoms with Crippen molar-refractivity contribution in [2.45, 2.75) is 129 Å². The molecule has 0 aromatic carbocycles. The van der Waals surface area contributed by atoms with Crippen LogP contribution < -0.4 is 0 Å². The average molecular weight is 377 g/mol. The van der Waals surface area contributed by atoms with Gasteiger partial charge < -0.3 is 0 Å². The van der Waals surface area contributed by atoms with Crippen molar-refractivity contribution in [3.05, 3.63) is 0 Å². The molecule has 3 nitrogen and oxygen atoms in total. The maximum absolute atomic E-state index is 12.2. The Morgan fingerprint density at radius 2 is 0.960 bits per heavy atom. The lowest BCUT2D eigenvalue weighted by Gasteiger charge is -2.16. The Kier molecular flexibility index (Phi) is 17.3. The van der Waals surface area contributed by atoms with Crippen LogP contribution in [0.15, 0.2) is 0 Å². The van der Waals surface area contributed by atoms with Crippen molar-refractivity contribution >= 4 is 10.1 Å². The fourth-order valence-electron chi connectivity index (χ4n) is 3.35. The van der Waals surface area contributed by atoms with Gasteiger partial charge in [0.2, 0.25) is 0 Å². The van der Waals surface area contributed by atoms with Gasteiger partial charge in [0.25, 0.3) is 10.1 Å². The lowest BCUT2D eigenvalue weighted by Crippen LogP contribution is -2.23. The minimum Gasteiger partial charge on any atom is -0.270 e. The van der Waals surface area contributed by atoms with E-state index in [4.69, 9.17) is 4.18 Å². The molecule has 0 fully saturated rings. The van der Waals surface area contributed by atoms with Crippen molar-refractivity contribution in [2.24, 2.45) is 0 Å². The molecule has 1 atom stereocenters. The Hall–Kier alpha value is -0.0900. The Labute approximate surface area is 158 Å². The summed E-state index contributed by atoms with van der Waals surface area (Å²) in [5.41, 5.74) is 0. The quantitative estimate of drug-likeness (QED) is 0.180. The summed E-state index contributed by atoms with van der Waals surface area (Å²) in [6.07, 6.45) is 19.0. The fourth-order valence-corrected chi connectivity index (χ4v) is 4.78. The van der Waals surface area contributed by atoms with E-state index in [1.54, 1.807) is 6.92 Å². The van der Waals surface area contributed by atoms with Gasteiger partial charge in [-0.15, -0.1) is 0 Å². The summed E-state index contributed by atoms with van der Waals surface area (Å²) in [5, 5.41) is -0.294. The first-order valence-electron chi connectivity index (χ1n) is 11.0. The van der Waals surface area contributed by atoms with E-state index < -0.39 is 10.1 Å². The summed E-state index contributed by atoms with van der Waals surface area (Å²) in [6, 6.07) is 0. The first-order chi connectivity index (χ1) is 12.1. The zero-order valence-electron chi connectivity index (χ0n) is 17.2. The lowest BCUT2D eigenvalue weighted by molar-refractivity contribution is 0.325. The van der Waals surface area contributed by atoms with Gasteiger partial charge in [-0.2, -0.15) is 8.42 Å². The van der Waals surface area contributed by atoms with Crippen molar-refractivity contribution in [3.8, 4) is 0 Å². The first-order valence-corrected chi connectivity index (χ1v) is 12.4. The van der Waals surface area contributed by atoms with Crippen molar-refractivity contribution < 1.29 is 12.6 Å². The second-order valence-electron chi connectivity index (χ2n) is 7.34. The van der Waals surface area contributed by atoms with Crippen LogP contribution in [0, 0.1) is 0 Å². The van der Waals surface area contributed by atoms with Crippen molar-refractivity contribution in [2.75, 3.05) is 6.61 Å². The SMILES string of the molecule is CCCCCCCCCCCCCC(CCCCC)S(=O)(=O)OCC. The fraction of sp³-hybridized carbons (Fsp3) is 1.00. The van der Waals surface area contributed by atoms with Crippen LogP contribution in [0.1, 0.15) is 124 Å². The predicted molar refractivity (Wildman–Crippen MR) is 110 cm³/mol. The third kappa shape index (κ3) is 14.7. The van der Waals surface area contributed by atoms with Gasteiger partial charge in [-0.1, -0.05) is 104 Å². The van der Waals surface area contributed by atoms with Crippen LogP contribution in [0.3, 0.4) is 0 Å². The van der Waals surface area contributed by atoms with E-state index >= 15 is 0 Å². The summed E-state index contributed by atoms with van der Waals surface area (Å²) in [4.78, 5) is 0. The van der Waals surface area contributed by atoms with Gasteiger partial charge >= 0.3 is 0 Å². The molecule has 25 heavy (non-hydrogen) atoms. The molecule has 0 heterocycles. The minimum absolute atomic E-state index is 0.255. The molecular weight excluding hydrogens is 332 g/mol. The molecule has 0 saturated heterocycles. The zero-order chi connectivity index (χ0) is 18.8. The molecule has 0 radical (unpaired) electrons. The second kappa shape index (κ2) is 17.3. The van der Waals surface area contributed by atoms with Crippen molar-refractivity contribution in [1.29, 1.82) is 0 Å². The Morgan fingerprint density at radius 3 is 1.40 bits per heavy atom. The van der Waals surface area contributed by atoms with E-state index in [-0.39, 0.29) is 11.9 Å². The molecule has 0 aliphatic carbocycles. The number of rotatable bonds is 19. The van der Waals surface area contributed by atoms with Crippen LogP contribution >= 0.6 is 0 Å². The normalized spacial score (nSPS) is 13.2. The van der Waals surface area contributed by atoms with Crippen LogP contribution in [0.25, 0.3) is 0 Å². The number of hydrogen-bond acceptors (Lipinski definition) is 3. The van der Waals surface area contributed by atoms with Gasteiger partial charge in [0.15, 0.2) is 0 Å². The molecule has 152 valence electrons. The summed E-state index contributed by atoms with van der Waals surface area (Å²) >= 11 is 0. The van der Waals surface area contributed by atoms with E-state index in [1.807, 2.05) is 0 Å². The molecule has 0 spiro atoms. The van der Waals surface area contributed by atoms with Gasteiger partial charge in [0.1, 0.15) is 0 Å². The van der Waals surface area contributed by atoms with Crippen LogP contribution in [-0.4, -0.2) is 20.3 Å². The van der Waals surface area contributed by atoms with E-state index in [9.17, 15) is 8.42 Å². The third-order valence-electron chi connectivity index (χ3n) is 4.95. The summed E-state index contributed by atoms with van der Waals surface area (Å²) in [5.74, 6) is 0. The molecule has 0 bridgehead atoms. The second-order valence-corrected chi connectivity index (χ2v) is 9.23. The molecule has 0 saturated carbocycles. The average Bonchev–Trinajstić information content (AvgIpc) is 2.58. The molecule has 0 aliphatic heterocycles. The molecule has 4 heteroatoms. The highest BCUT2D eigenvalue weighted by atomic mass is 32.2. The number of unbranched alkanes of at least 4 members (excludes halogenated alkanes) is 12. The van der Waals surface area contributed by atoms with Crippen molar-refractivity contribution in [3.63, 3.8) is 0 Å². The number of hydrogen-bond donors (Lipinski definition) is 0. The first kappa shape index (κ1) is 24.9. The van der Waals surface area contributed by atoms with E-state index in [2.05, 4.69) is 13.8 Å². The lowest BCUT2D eigenvalue weighted by atomic mass is 10.0. The van der Waals surface area contributed by atoms with Gasteiger partial charge in [0.05, 0.1) is 11.9 Å². The Bertz CT molecular complexity index is 365. The molecular formula is C21H44O3S. The zero-order valence-corrected chi connectivity index (χ0v) is 18.0. The largest absolute Gasteiger partial charge is 0.270 e. The standard InChI is InChI=1S/C21H44O3S/c1-4-7-9-10-11-12-13-14-15-16-18-20-21(19-17-8-5-2)25(22,23)24-6-3/h21H,4-20H2,1-3H3. The third-order valence-corrected chi connectivity index (χ3v) is 6.80.